The Morgan fingerprint density at radius 3 is 2.48 bits per heavy atom. The second kappa shape index (κ2) is 13.6. The third-order valence-electron chi connectivity index (χ3n) is 7.36. The third-order valence-corrected chi connectivity index (χ3v) is 7.36. The molecule has 2 fully saturated rings. The Balaban J connectivity index is 1.77. The van der Waals surface area contributed by atoms with E-state index in [1.165, 1.54) is 14.0 Å². The number of alkyl carbamates (subject to hydrolysis) is 1. The average Bonchev–Trinajstić information content (AvgIpc) is 3.53. The molecule has 0 spiro atoms. The van der Waals surface area contributed by atoms with Crippen LogP contribution in [0.1, 0.15) is 51.0 Å². The summed E-state index contributed by atoms with van der Waals surface area (Å²) in [4.78, 5) is 79.3. The number of hydrogen-bond donors (Lipinski definition) is 3. The number of hydrogen-bond acceptors (Lipinski definition) is 9. The van der Waals surface area contributed by atoms with E-state index in [0.717, 1.165) is 10.5 Å². The maximum absolute atomic E-state index is 13.9. The van der Waals surface area contributed by atoms with Crippen molar-refractivity contribution in [2.24, 2.45) is 5.73 Å². The number of quaternary nitrogens is 1. The van der Waals surface area contributed by atoms with Gasteiger partial charge in [-0.05, 0) is 38.2 Å². The minimum Gasteiger partial charge on any atom is -0.480 e. The fraction of sp³-hybridized carbons (Fsp3) is 0.556. The summed E-state index contributed by atoms with van der Waals surface area (Å²) in [6.07, 6.45) is -1.19. The molecule has 0 saturated carbocycles. The lowest BCUT2D eigenvalue weighted by Gasteiger charge is -2.37. The standard InChI is InChI=1S/C27H36N4O9/c1-17(28)24(34)31(22(32)15-21(39-2)25(31)35)20(23(33)30-14-8-11-19(30)26(36)37)12-6-7-13-29-27(38)40-16-18-9-4-3-5-10-18/h3-5,9-10,17,19-21H,6-8,11-16,28H2,1-2H3,(H-,29,36,37,38)/p+1/t17-,19-,20-,21?,31?/m0/s1. The van der Waals surface area contributed by atoms with Crippen LogP contribution in [0.3, 0.4) is 0 Å². The van der Waals surface area contributed by atoms with Crippen LogP contribution >= 0.6 is 0 Å². The van der Waals surface area contributed by atoms with Crippen LogP contribution in [-0.4, -0.2) is 94.6 Å². The number of ether oxygens (including phenoxy) is 2. The normalized spacial score (nSPS) is 24.0. The van der Waals surface area contributed by atoms with Crippen LogP contribution in [0.25, 0.3) is 0 Å². The number of carboxylic acids is 1. The van der Waals surface area contributed by atoms with Crippen LogP contribution in [0.4, 0.5) is 4.79 Å². The van der Waals surface area contributed by atoms with E-state index in [-0.39, 0.29) is 39.0 Å². The molecule has 1 aromatic rings. The first-order chi connectivity index (χ1) is 19.0. The van der Waals surface area contributed by atoms with Crippen molar-refractivity contribution in [2.75, 3.05) is 20.2 Å². The zero-order valence-corrected chi connectivity index (χ0v) is 22.7. The van der Waals surface area contributed by atoms with Crippen LogP contribution in [0.2, 0.25) is 0 Å². The molecule has 2 aliphatic heterocycles. The molecule has 5 amide bonds. The van der Waals surface area contributed by atoms with E-state index in [0.29, 0.717) is 12.8 Å². The first-order valence-corrected chi connectivity index (χ1v) is 13.3. The molecule has 13 heteroatoms. The monoisotopic (exact) mass is 561 g/mol. The number of carboxylic acid groups (broad SMARTS) is 1. The van der Waals surface area contributed by atoms with Crippen molar-refractivity contribution in [1.29, 1.82) is 0 Å². The average molecular weight is 562 g/mol. The van der Waals surface area contributed by atoms with Gasteiger partial charge < -0.3 is 30.5 Å². The number of nitrogens with zero attached hydrogens (tertiary/aromatic N) is 2. The summed E-state index contributed by atoms with van der Waals surface area (Å²) in [6.45, 7) is 1.70. The number of carbonyl (C=O) groups excluding carboxylic acids is 5. The van der Waals surface area contributed by atoms with Gasteiger partial charge in [-0.25, -0.2) is 24.0 Å². The summed E-state index contributed by atoms with van der Waals surface area (Å²) in [6, 6.07) is 5.23. The molecule has 0 radical (unpaired) electrons. The minimum absolute atomic E-state index is 0.0914. The predicted molar refractivity (Wildman–Crippen MR) is 139 cm³/mol. The number of nitrogens with two attached hydrogens (primary N) is 1. The maximum Gasteiger partial charge on any atom is 0.407 e. The molecule has 2 heterocycles. The molecule has 2 unspecified atom stereocenters. The van der Waals surface area contributed by atoms with Gasteiger partial charge in [0, 0.05) is 26.6 Å². The lowest BCUT2D eigenvalue weighted by atomic mass is 10.0. The Kier molecular flexibility index (Phi) is 10.5. The van der Waals surface area contributed by atoms with Crippen LogP contribution in [0.15, 0.2) is 30.3 Å². The number of carbonyl (C=O) groups is 6. The van der Waals surface area contributed by atoms with Crippen molar-refractivity contribution >= 4 is 35.7 Å². The van der Waals surface area contributed by atoms with Gasteiger partial charge in [0.15, 0.2) is 12.1 Å². The quantitative estimate of drug-likeness (QED) is 0.186. The zero-order valence-electron chi connectivity index (χ0n) is 22.7. The van der Waals surface area contributed by atoms with Crippen LogP contribution in [0, 0.1) is 0 Å². The maximum atomic E-state index is 13.9. The van der Waals surface area contributed by atoms with Crippen molar-refractivity contribution in [2.45, 2.75) is 76.3 Å². The van der Waals surface area contributed by atoms with Gasteiger partial charge in [-0.3, -0.25) is 4.79 Å². The van der Waals surface area contributed by atoms with Crippen molar-refractivity contribution in [3.05, 3.63) is 35.9 Å². The van der Waals surface area contributed by atoms with Gasteiger partial charge >= 0.3 is 29.8 Å². The van der Waals surface area contributed by atoms with Gasteiger partial charge in [-0.2, -0.15) is 0 Å². The molecule has 13 nitrogen and oxygen atoms in total. The minimum atomic E-state index is -1.51. The molecule has 3 rings (SSSR count). The lowest BCUT2D eigenvalue weighted by molar-refractivity contribution is -0.718. The summed E-state index contributed by atoms with van der Waals surface area (Å²) in [7, 11) is 1.23. The molecule has 2 aliphatic rings. The summed E-state index contributed by atoms with van der Waals surface area (Å²) in [5.74, 6) is -4.62. The van der Waals surface area contributed by atoms with E-state index >= 15 is 0 Å². The fourth-order valence-electron chi connectivity index (χ4n) is 5.35. The molecule has 1 aromatic carbocycles. The molecule has 0 aliphatic carbocycles. The number of amides is 5. The highest BCUT2D eigenvalue weighted by atomic mass is 16.5. The number of imide groups is 3. The molecular weight excluding hydrogens is 524 g/mol. The highest BCUT2D eigenvalue weighted by molar-refractivity contribution is 6.08. The Morgan fingerprint density at radius 2 is 1.88 bits per heavy atom. The molecule has 2 saturated heterocycles. The first kappa shape index (κ1) is 30.9. The van der Waals surface area contributed by atoms with E-state index < -0.39 is 70.8 Å². The molecule has 5 atom stereocenters. The third kappa shape index (κ3) is 6.37. The first-order valence-electron chi connectivity index (χ1n) is 13.3. The highest BCUT2D eigenvalue weighted by Gasteiger charge is 2.67. The zero-order chi connectivity index (χ0) is 29.4. The smallest absolute Gasteiger partial charge is 0.407 e. The van der Waals surface area contributed by atoms with Crippen LogP contribution < -0.4 is 11.1 Å². The number of unbranched alkanes of at least 4 members (excludes halogenated alkanes) is 1. The number of methoxy groups -OCH3 is 1. The van der Waals surface area contributed by atoms with E-state index in [9.17, 15) is 33.9 Å². The molecule has 0 bridgehead atoms. The number of likely N-dealkylation sites (tertiary alicyclic amines) is 2. The van der Waals surface area contributed by atoms with E-state index in [2.05, 4.69) is 5.32 Å². The van der Waals surface area contributed by atoms with Gasteiger partial charge in [0.25, 0.3) is 5.91 Å². The van der Waals surface area contributed by atoms with Gasteiger partial charge in [0.1, 0.15) is 25.1 Å². The van der Waals surface area contributed by atoms with Crippen molar-refractivity contribution in [3.8, 4) is 0 Å². The largest absolute Gasteiger partial charge is 0.480 e. The summed E-state index contributed by atoms with van der Waals surface area (Å²) in [5.41, 5.74) is 6.69. The highest BCUT2D eigenvalue weighted by Crippen LogP contribution is 2.34. The van der Waals surface area contributed by atoms with E-state index in [4.69, 9.17) is 15.2 Å². The number of rotatable bonds is 12. The van der Waals surface area contributed by atoms with Crippen molar-refractivity contribution in [1.82, 2.24) is 10.2 Å². The van der Waals surface area contributed by atoms with E-state index in [1.54, 1.807) is 0 Å². The predicted octanol–water partition coefficient (Wildman–Crippen LogP) is 0.690. The Labute approximate surface area is 232 Å². The second-order valence-electron chi connectivity index (χ2n) is 10.0. The summed E-state index contributed by atoms with van der Waals surface area (Å²) >= 11 is 0. The Bertz CT molecular complexity index is 1130. The van der Waals surface area contributed by atoms with Gasteiger partial charge in [0.05, 0.1) is 0 Å². The van der Waals surface area contributed by atoms with E-state index in [1.807, 2.05) is 30.3 Å². The van der Waals surface area contributed by atoms with Crippen molar-refractivity contribution < 1.29 is 47.8 Å². The topological polar surface area (TPSA) is 182 Å². The Hall–Kier alpha value is -3.68. The number of nitrogens with one attached hydrogen (secondary N) is 1. The molecule has 218 valence electrons. The Morgan fingerprint density at radius 1 is 1.18 bits per heavy atom. The van der Waals surface area contributed by atoms with Gasteiger partial charge in [-0.1, -0.05) is 30.3 Å². The van der Waals surface area contributed by atoms with Gasteiger partial charge in [-0.15, -0.1) is 4.48 Å². The fourth-order valence-corrected chi connectivity index (χ4v) is 5.35. The van der Waals surface area contributed by atoms with Crippen molar-refractivity contribution in [3.63, 3.8) is 0 Å². The van der Waals surface area contributed by atoms with Gasteiger partial charge in [0.2, 0.25) is 0 Å². The molecule has 40 heavy (non-hydrogen) atoms. The lowest BCUT2D eigenvalue weighted by Crippen LogP contribution is -2.71. The molecular formula is C27H37N4O9+. The summed E-state index contributed by atoms with van der Waals surface area (Å²) < 4.78 is 8.89. The van der Waals surface area contributed by atoms with Crippen LogP contribution in [0.5, 0.6) is 0 Å². The molecule has 0 aromatic heterocycles. The second-order valence-corrected chi connectivity index (χ2v) is 10.0. The summed E-state index contributed by atoms with van der Waals surface area (Å²) in [5, 5.41) is 12.3. The SMILES string of the molecule is COC1CC(=O)[N+](C(=O)[C@H](C)N)([C@@H](CCCCNC(=O)OCc2ccccc2)C(=O)N2CCC[C@H]2C(=O)O)C1=O. The molecule has 4 N–H and O–H groups in total. The number of aliphatic carboxylic acids is 1. The van der Waals surface area contributed by atoms with Crippen LogP contribution in [-0.2, 0) is 40.1 Å². The number of benzene rings is 1.